The van der Waals surface area contributed by atoms with Crippen molar-refractivity contribution in [3.63, 3.8) is 0 Å². The quantitative estimate of drug-likeness (QED) is 0.330. The lowest BCUT2D eigenvalue weighted by Crippen LogP contribution is -2.28. The summed E-state index contributed by atoms with van der Waals surface area (Å²) < 4.78 is 10.6. The summed E-state index contributed by atoms with van der Waals surface area (Å²) in [4.78, 5) is 24.6. The van der Waals surface area contributed by atoms with Gasteiger partial charge in [0.15, 0.2) is 0 Å². The molecule has 2 aromatic rings. The van der Waals surface area contributed by atoms with Crippen molar-refractivity contribution in [2.24, 2.45) is 5.16 Å². The zero-order valence-corrected chi connectivity index (χ0v) is 16.2. The highest BCUT2D eigenvalue weighted by Crippen LogP contribution is 2.30. The molecule has 0 radical (unpaired) electrons. The maximum atomic E-state index is 11.6. The number of aromatic nitrogens is 2. The summed E-state index contributed by atoms with van der Waals surface area (Å²) in [7, 11) is 1.56. The minimum Gasteiger partial charge on any atom is -0.438 e. The second kappa shape index (κ2) is 10.9. The summed E-state index contributed by atoms with van der Waals surface area (Å²) in [5.74, 6) is 0.733. The van der Waals surface area contributed by atoms with Crippen LogP contribution in [-0.2, 0) is 9.57 Å². The number of urea groups is 1. The van der Waals surface area contributed by atoms with Gasteiger partial charge in [0, 0.05) is 19.7 Å². The Hall–Kier alpha value is -3.11. The number of carbonyl (C=O) groups is 1. The monoisotopic (exact) mass is 408 g/mol. The van der Waals surface area contributed by atoms with Crippen LogP contribution >= 0.6 is 11.6 Å². The Morgan fingerprint density at radius 1 is 1.36 bits per heavy atom. The van der Waals surface area contributed by atoms with Crippen LogP contribution in [0.25, 0.3) is 0 Å². The maximum absolute atomic E-state index is 11.6. The summed E-state index contributed by atoms with van der Waals surface area (Å²) in [6, 6.07) is 4.42. The smallest absolute Gasteiger partial charge is 0.319 e. The molecule has 1 heterocycles. The average Bonchev–Trinajstić information content (AvgIpc) is 2.66. The van der Waals surface area contributed by atoms with Crippen molar-refractivity contribution in [1.82, 2.24) is 15.3 Å². The van der Waals surface area contributed by atoms with Crippen molar-refractivity contribution in [2.75, 3.05) is 37.9 Å². The van der Waals surface area contributed by atoms with Crippen LogP contribution in [0.5, 0.6) is 11.6 Å². The summed E-state index contributed by atoms with van der Waals surface area (Å²) in [6.45, 7) is 3.00. The number of hydrogen-bond acceptors (Lipinski definition) is 8. The minimum absolute atomic E-state index is 0.171. The molecular formula is C17H21ClN6O4. The predicted molar refractivity (Wildman–Crippen MR) is 106 cm³/mol. The zero-order chi connectivity index (χ0) is 20.4. The van der Waals surface area contributed by atoms with Gasteiger partial charge in [0.25, 0.3) is 0 Å². The molecular weight excluding hydrogens is 388 g/mol. The van der Waals surface area contributed by atoms with Crippen LogP contribution in [0.4, 0.5) is 16.3 Å². The average molecular weight is 409 g/mol. The molecule has 0 atom stereocenters. The Balaban J connectivity index is 2.13. The van der Waals surface area contributed by atoms with E-state index >= 15 is 0 Å². The van der Waals surface area contributed by atoms with Gasteiger partial charge in [-0.1, -0.05) is 16.8 Å². The largest absolute Gasteiger partial charge is 0.438 e. The first kappa shape index (κ1) is 21.2. The van der Waals surface area contributed by atoms with Crippen LogP contribution in [0, 0.1) is 0 Å². The van der Waals surface area contributed by atoms with Gasteiger partial charge < -0.3 is 30.7 Å². The van der Waals surface area contributed by atoms with Crippen molar-refractivity contribution >= 4 is 35.4 Å². The molecule has 0 spiro atoms. The van der Waals surface area contributed by atoms with Crippen molar-refractivity contribution in [2.45, 2.75) is 6.92 Å². The molecule has 0 aliphatic rings. The Bertz CT molecular complexity index is 833. The normalized spacial score (nSPS) is 10.7. The summed E-state index contributed by atoms with van der Waals surface area (Å²) in [5, 5.41) is 9.35. The van der Waals surface area contributed by atoms with Crippen LogP contribution in [0.15, 0.2) is 29.7 Å². The number of carbonyl (C=O) groups excluding carboxylic acids is 1. The first-order valence-corrected chi connectivity index (χ1v) is 8.70. The number of methoxy groups -OCH3 is 1. The number of anilines is 2. The first-order valence-electron chi connectivity index (χ1n) is 8.32. The van der Waals surface area contributed by atoms with Crippen molar-refractivity contribution in [3.8, 4) is 11.6 Å². The third kappa shape index (κ3) is 6.25. The second-order valence-corrected chi connectivity index (χ2v) is 5.67. The van der Waals surface area contributed by atoms with Gasteiger partial charge in [0.1, 0.15) is 30.1 Å². The van der Waals surface area contributed by atoms with Gasteiger partial charge in [-0.2, -0.15) is 0 Å². The fourth-order valence-electron chi connectivity index (χ4n) is 1.96. The molecule has 1 aromatic carbocycles. The van der Waals surface area contributed by atoms with Crippen molar-refractivity contribution < 1.29 is 19.1 Å². The summed E-state index contributed by atoms with van der Waals surface area (Å²) in [5.41, 5.74) is 6.66. The van der Waals surface area contributed by atoms with Crippen LogP contribution < -0.4 is 21.1 Å². The zero-order valence-electron chi connectivity index (χ0n) is 15.4. The lowest BCUT2D eigenvalue weighted by atomic mass is 10.3. The van der Waals surface area contributed by atoms with Crippen LogP contribution in [-0.4, -0.2) is 49.1 Å². The summed E-state index contributed by atoms with van der Waals surface area (Å²) in [6.07, 6.45) is 2.62. The molecule has 2 amide bonds. The van der Waals surface area contributed by atoms with Gasteiger partial charge >= 0.3 is 6.03 Å². The molecule has 0 fully saturated rings. The van der Waals surface area contributed by atoms with E-state index in [1.54, 1.807) is 19.2 Å². The van der Waals surface area contributed by atoms with E-state index in [1.165, 1.54) is 18.6 Å². The topological polar surface area (TPSA) is 133 Å². The lowest BCUT2D eigenvalue weighted by molar-refractivity contribution is 0.0759. The maximum Gasteiger partial charge on any atom is 0.319 e. The van der Waals surface area contributed by atoms with E-state index in [-0.39, 0.29) is 24.3 Å². The number of oxime groups is 1. The van der Waals surface area contributed by atoms with E-state index in [1.807, 2.05) is 6.92 Å². The van der Waals surface area contributed by atoms with Gasteiger partial charge in [-0.25, -0.2) is 14.8 Å². The van der Waals surface area contributed by atoms with E-state index in [9.17, 15) is 4.79 Å². The summed E-state index contributed by atoms with van der Waals surface area (Å²) >= 11 is 6.20. The molecule has 28 heavy (non-hydrogen) atoms. The predicted octanol–water partition coefficient (Wildman–Crippen LogP) is 2.64. The molecule has 0 aliphatic carbocycles. The first-order chi connectivity index (χ1) is 13.5. The number of nitrogens with two attached hydrogens (primary N) is 1. The number of halogens is 1. The molecule has 2 rings (SSSR count). The van der Waals surface area contributed by atoms with E-state index in [0.717, 1.165) is 0 Å². The number of nitrogen functional groups attached to an aromatic ring is 1. The van der Waals surface area contributed by atoms with E-state index in [4.69, 9.17) is 31.6 Å². The SMILES string of the molecule is CCNC(=O)Nc1ccc(Oc2ncnc(N)c2/C=N/OCCOC)cc1Cl. The molecule has 0 saturated heterocycles. The highest BCUT2D eigenvalue weighted by molar-refractivity contribution is 6.33. The fraction of sp³-hybridized carbons (Fsp3) is 0.294. The minimum atomic E-state index is -0.353. The molecule has 150 valence electrons. The van der Waals surface area contributed by atoms with E-state index in [2.05, 4.69) is 25.8 Å². The number of rotatable bonds is 9. The van der Waals surface area contributed by atoms with Crippen LogP contribution in [0.3, 0.4) is 0 Å². The number of nitrogens with one attached hydrogen (secondary N) is 2. The third-order valence-electron chi connectivity index (χ3n) is 3.25. The molecule has 0 unspecified atom stereocenters. The van der Waals surface area contributed by atoms with Crippen molar-refractivity contribution in [1.29, 1.82) is 0 Å². The van der Waals surface area contributed by atoms with Gasteiger partial charge in [0.2, 0.25) is 5.88 Å². The molecule has 4 N–H and O–H groups in total. The molecule has 0 saturated carbocycles. The molecule has 0 aliphatic heterocycles. The Morgan fingerprint density at radius 2 is 2.18 bits per heavy atom. The number of hydrogen-bond donors (Lipinski definition) is 3. The fourth-order valence-corrected chi connectivity index (χ4v) is 2.18. The lowest BCUT2D eigenvalue weighted by Gasteiger charge is -2.11. The molecule has 11 heteroatoms. The van der Waals surface area contributed by atoms with E-state index in [0.29, 0.717) is 35.2 Å². The van der Waals surface area contributed by atoms with E-state index < -0.39 is 0 Å². The Labute approximate surface area is 167 Å². The van der Waals surface area contributed by atoms with Gasteiger partial charge in [-0.3, -0.25) is 0 Å². The second-order valence-electron chi connectivity index (χ2n) is 5.27. The molecule has 0 bridgehead atoms. The third-order valence-corrected chi connectivity index (χ3v) is 3.57. The number of ether oxygens (including phenoxy) is 2. The highest BCUT2D eigenvalue weighted by atomic mass is 35.5. The van der Waals surface area contributed by atoms with Crippen molar-refractivity contribution in [3.05, 3.63) is 35.1 Å². The van der Waals surface area contributed by atoms with Gasteiger partial charge in [-0.15, -0.1) is 0 Å². The highest BCUT2D eigenvalue weighted by Gasteiger charge is 2.12. The van der Waals surface area contributed by atoms with Gasteiger partial charge in [0.05, 0.1) is 23.5 Å². The molecule has 1 aromatic heterocycles. The van der Waals surface area contributed by atoms with Crippen LogP contribution in [0.1, 0.15) is 12.5 Å². The number of benzene rings is 1. The van der Waals surface area contributed by atoms with Gasteiger partial charge in [-0.05, 0) is 19.1 Å². The molecule has 10 nitrogen and oxygen atoms in total. The number of nitrogens with zero attached hydrogens (tertiary/aromatic N) is 3. The number of amides is 2. The Morgan fingerprint density at radius 3 is 2.89 bits per heavy atom. The standard InChI is InChI=1S/C17H21ClN6O4/c1-3-20-17(25)24-14-5-4-11(8-13(14)18)28-16-12(15(19)21-10-22-16)9-23-27-7-6-26-2/h4-5,8-10H,3,6-7H2,1-2H3,(H2,19,21,22)(H2,20,24,25)/b23-9+. The Kier molecular flexibility index (Phi) is 8.25. The van der Waals surface area contributed by atoms with Crippen LogP contribution in [0.2, 0.25) is 5.02 Å².